The average Bonchev–Trinajstić information content (AvgIpc) is 3.18. The number of morpholine rings is 1. The first-order chi connectivity index (χ1) is 14.5. The van der Waals surface area contributed by atoms with Crippen LogP contribution in [0.15, 0.2) is 41.6 Å². The van der Waals surface area contributed by atoms with E-state index in [1.807, 2.05) is 25.1 Å². The lowest BCUT2D eigenvalue weighted by Crippen LogP contribution is -2.51. The van der Waals surface area contributed by atoms with Crippen LogP contribution >= 0.6 is 0 Å². The topological polar surface area (TPSA) is 51.5 Å². The molecule has 0 spiro atoms. The minimum absolute atomic E-state index is 0.403. The molecule has 1 aliphatic heterocycles. The van der Waals surface area contributed by atoms with Gasteiger partial charge in [-0.1, -0.05) is 53.7 Å². The monoisotopic (exact) mass is 462 g/mol. The van der Waals surface area contributed by atoms with Crippen LogP contribution in [0.5, 0.6) is 0 Å². The van der Waals surface area contributed by atoms with Crippen molar-refractivity contribution in [1.29, 1.82) is 0 Å². The Balaban J connectivity index is 2.04. The van der Waals surface area contributed by atoms with E-state index in [0.29, 0.717) is 47.8 Å². The van der Waals surface area contributed by atoms with E-state index in [1.54, 1.807) is 4.31 Å². The van der Waals surface area contributed by atoms with Gasteiger partial charge in [-0.15, -0.1) is 0 Å². The third-order valence-corrected chi connectivity index (χ3v) is 15.8. The molecule has 0 radical (unpaired) electrons. The van der Waals surface area contributed by atoms with Gasteiger partial charge in [0.05, 0.1) is 18.1 Å². The highest BCUT2D eigenvalue weighted by molar-refractivity contribution is 7.89. The van der Waals surface area contributed by atoms with Crippen LogP contribution in [0.3, 0.4) is 0 Å². The highest BCUT2D eigenvalue weighted by atomic mass is 32.2. The zero-order valence-electron chi connectivity index (χ0n) is 20.1. The van der Waals surface area contributed by atoms with E-state index in [-0.39, 0.29) is 0 Å². The van der Waals surface area contributed by atoms with Crippen molar-refractivity contribution in [3.05, 3.63) is 42.2 Å². The summed E-state index contributed by atoms with van der Waals surface area (Å²) in [6.45, 7) is 17.7. The molecule has 2 aromatic rings. The lowest BCUT2D eigenvalue weighted by molar-refractivity contribution is 0.0730. The van der Waals surface area contributed by atoms with Crippen LogP contribution in [0.1, 0.15) is 47.1 Å². The number of hydrogen-bond donors (Lipinski definition) is 0. The molecule has 2 heterocycles. The van der Waals surface area contributed by atoms with Crippen LogP contribution in [0.25, 0.3) is 11.1 Å². The quantitative estimate of drug-likeness (QED) is 0.510. The van der Waals surface area contributed by atoms with Crippen molar-refractivity contribution in [2.24, 2.45) is 0 Å². The van der Waals surface area contributed by atoms with Crippen LogP contribution in [0, 0.1) is 6.92 Å². The lowest BCUT2D eigenvalue weighted by Gasteiger charge is -2.44. The zero-order chi connectivity index (χ0) is 23.0. The molecular formula is C24H38N2O3SSi. The fraction of sp³-hybridized carbons (Fsp3) is 0.583. The molecule has 1 saturated heterocycles. The Morgan fingerprint density at radius 2 is 1.48 bits per heavy atom. The maximum absolute atomic E-state index is 13.3. The van der Waals surface area contributed by atoms with Gasteiger partial charge < -0.3 is 8.97 Å². The molecule has 0 N–H and O–H groups in total. The Morgan fingerprint density at radius 1 is 0.903 bits per heavy atom. The molecule has 1 aromatic carbocycles. The molecule has 0 unspecified atom stereocenters. The molecule has 7 heteroatoms. The van der Waals surface area contributed by atoms with Gasteiger partial charge in [0.2, 0.25) is 10.0 Å². The van der Waals surface area contributed by atoms with Gasteiger partial charge in [-0.25, -0.2) is 8.42 Å². The molecule has 31 heavy (non-hydrogen) atoms. The van der Waals surface area contributed by atoms with Gasteiger partial charge in [0.15, 0.2) is 8.24 Å². The summed E-state index contributed by atoms with van der Waals surface area (Å²) in [6, 6.07) is 7.96. The number of aromatic nitrogens is 1. The van der Waals surface area contributed by atoms with Gasteiger partial charge in [-0.05, 0) is 58.6 Å². The largest absolute Gasteiger partial charge is 0.379 e. The van der Waals surface area contributed by atoms with Crippen molar-refractivity contribution in [2.45, 2.75) is 70.0 Å². The van der Waals surface area contributed by atoms with Crippen molar-refractivity contribution >= 4 is 18.3 Å². The molecule has 0 saturated carbocycles. The summed E-state index contributed by atoms with van der Waals surface area (Å²) >= 11 is 0. The molecule has 0 aliphatic carbocycles. The normalized spacial score (nSPS) is 16.6. The number of rotatable bonds is 7. The minimum atomic E-state index is -3.53. The van der Waals surface area contributed by atoms with E-state index in [2.05, 4.69) is 64.2 Å². The maximum Gasteiger partial charge on any atom is 0.243 e. The second-order valence-corrected chi connectivity index (χ2v) is 17.3. The molecule has 3 rings (SSSR count). The number of ether oxygens (including phenoxy) is 1. The molecule has 0 amide bonds. The summed E-state index contributed by atoms with van der Waals surface area (Å²) in [5.74, 6) is 0. The second-order valence-electron chi connectivity index (χ2n) is 9.66. The third-order valence-electron chi connectivity index (χ3n) is 7.02. The molecule has 1 fully saturated rings. The minimum Gasteiger partial charge on any atom is -0.379 e. The third kappa shape index (κ3) is 4.30. The molecule has 0 bridgehead atoms. The Kier molecular flexibility index (Phi) is 7.20. The number of sulfonamides is 1. The number of nitrogens with zero attached hydrogens (tertiary/aromatic N) is 2. The lowest BCUT2D eigenvalue weighted by atomic mass is 10.1. The van der Waals surface area contributed by atoms with Crippen molar-refractivity contribution in [3.63, 3.8) is 0 Å². The molecule has 172 valence electrons. The fourth-order valence-corrected chi connectivity index (χ4v) is 13.8. The first-order valence-corrected chi connectivity index (χ1v) is 15.0. The predicted octanol–water partition coefficient (Wildman–Crippen LogP) is 5.51. The Hall–Kier alpha value is -1.41. The maximum atomic E-state index is 13.3. The Labute approximate surface area is 189 Å². The number of benzene rings is 1. The van der Waals surface area contributed by atoms with Gasteiger partial charge in [-0.2, -0.15) is 4.31 Å². The van der Waals surface area contributed by atoms with Crippen LogP contribution in [-0.4, -0.2) is 51.5 Å². The SMILES string of the molecule is Cc1ccc(-c2ccn([Si](C(C)C)(C(C)C)C(C)C)c2)cc1S(=O)(=O)N1CCOCC1. The summed E-state index contributed by atoms with van der Waals surface area (Å²) in [5, 5.41) is 0. The first-order valence-electron chi connectivity index (χ1n) is 11.4. The predicted molar refractivity (Wildman–Crippen MR) is 131 cm³/mol. The van der Waals surface area contributed by atoms with Crippen LogP contribution in [0.4, 0.5) is 0 Å². The fourth-order valence-electron chi connectivity index (χ4n) is 5.69. The molecular weight excluding hydrogens is 424 g/mol. The van der Waals surface area contributed by atoms with Gasteiger partial charge in [0, 0.05) is 19.3 Å². The van der Waals surface area contributed by atoms with Crippen molar-refractivity contribution < 1.29 is 13.2 Å². The van der Waals surface area contributed by atoms with Crippen LogP contribution in [-0.2, 0) is 14.8 Å². The van der Waals surface area contributed by atoms with E-state index in [4.69, 9.17) is 4.74 Å². The smallest absolute Gasteiger partial charge is 0.243 e. The Bertz CT molecular complexity index is 984. The van der Waals surface area contributed by atoms with Gasteiger partial charge in [0.25, 0.3) is 0 Å². The van der Waals surface area contributed by atoms with Crippen LogP contribution < -0.4 is 0 Å². The standard InChI is InChI=1S/C24H38N2O3SSi/c1-18(2)31(19(3)4,20(5)6)26-11-10-23(17-26)22-9-8-21(7)24(16-22)30(27,28)25-12-14-29-15-13-25/h8-11,16-20H,12-15H2,1-7H3. The second kappa shape index (κ2) is 9.22. The van der Waals surface area contributed by atoms with Gasteiger partial charge in [0.1, 0.15) is 0 Å². The summed E-state index contributed by atoms with van der Waals surface area (Å²) in [6.07, 6.45) is 4.47. The number of hydrogen-bond acceptors (Lipinski definition) is 3. The van der Waals surface area contributed by atoms with Gasteiger partial charge >= 0.3 is 0 Å². The molecule has 1 aliphatic rings. The number of aryl methyl sites for hydroxylation is 1. The summed E-state index contributed by atoms with van der Waals surface area (Å²) < 4.78 is 36.0. The van der Waals surface area contributed by atoms with Crippen LogP contribution in [0.2, 0.25) is 16.6 Å². The molecule has 1 aromatic heterocycles. The Morgan fingerprint density at radius 3 is 2.03 bits per heavy atom. The van der Waals surface area contributed by atoms with E-state index in [0.717, 1.165) is 16.7 Å². The van der Waals surface area contributed by atoms with Gasteiger partial charge in [-0.3, -0.25) is 0 Å². The van der Waals surface area contributed by atoms with Crippen molar-refractivity contribution in [2.75, 3.05) is 26.3 Å². The van der Waals surface area contributed by atoms with E-state index in [1.165, 1.54) is 0 Å². The highest BCUT2D eigenvalue weighted by Crippen LogP contribution is 2.43. The summed E-state index contributed by atoms with van der Waals surface area (Å²) in [5.41, 5.74) is 4.62. The van der Waals surface area contributed by atoms with E-state index < -0.39 is 18.3 Å². The molecule has 0 atom stereocenters. The summed E-state index contributed by atoms with van der Waals surface area (Å²) in [4.78, 5) is 0.403. The average molecular weight is 463 g/mol. The highest BCUT2D eigenvalue weighted by Gasteiger charge is 2.45. The zero-order valence-corrected chi connectivity index (χ0v) is 21.9. The molecule has 5 nitrogen and oxygen atoms in total. The van der Waals surface area contributed by atoms with E-state index in [9.17, 15) is 8.42 Å². The van der Waals surface area contributed by atoms with E-state index >= 15 is 0 Å². The van der Waals surface area contributed by atoms with Crippen molar-refractivity contribution in [1.82, 2.24) is 8.54 Å². The van der Waals surface area contributed by atoms with Crippen molar-refractivity contribution in [3.8, 4) is 11.1 Å². The first kappa shape index (κ1) is 24.2. The summed E-state index contributed by atoms with van der Waals surface area (Å²) in [7, 11) is -5.36.